The van der Waals surface area contributed by atoms with Crippen molar-refractivity contribution >= 4 is 28.2 Å². The van der Waals surface area contributed by atoms with Crippen LogP contribution in [0.25, 0.3) is 10.9 Å². The molecule has 0 bridgehead atoms. The number of benzene rings is 1. The third kappa shape index (κ3) is 3.62. The van der Waals surface area contributed by atoms with Crippen LogP contribution in [0, 0.1) is 13.8 Å². The summed E-state index contributed by atoms with van der Waals surface area (Å²) in [6.07, 6.45) is 9.01. The minimum Gasteiger partial charge on any atom is -0.360 e. The smallest absolute Gasteiger partial charge is 0.169 e. The summed E-state index contributed by atoms with van der Waals surface area (Å²) in [7, 11) is 0. The van der Waals surface area contributed by atoms with Crippen LogP contribution < -0.4 is 5.32 Å². The van der Waals surface area contributed by atoms with E-state index in [1.165, 1.54) is 72.7 Å². The number of nitrogens with one attached hydrogen (secondary N) is 2. The molecule has 1 saturated heterocycles. The van der Waals surface area contributed by atoms with E-state index in [0.29, 0.717) is 12.0 Å². The maximum Gasteiger partial charge on any atom is 0.169 e. The number of hydrogen-bond donors (Lipinski definition) is 2. The number of fused-ring (bicyclic) bond motifs is 1. The van der Waals surface area contributed by atoms with Gasteiger partial charge in [-0.2, -0.15) is 0 Å². The van der Waals surface area contributed by atoms with Crippen LogP contribution >= 0.6 is 12.2 Å². The fraction of sp³-hybridized carbons (Fsp3) is 0.591. The molecule has 2 aliphatic rings. The number of aromatic amines is 1. The van der Waals surface area contributed by atoms with E-state index in [4.69, 9.17) is 12.2 Å². The van der Waals surface area contributed by atoms with Gasteiger partial charge in [0.25, 0.3) is 0 Å². The lowest BCUT2D eigenvalue weighted by molar-refractivity contribution is 0.298. The zero-order valence-corrected chi connectivity index (χ0v) is 16.9. The van der Waals surface area contributed by atoms with Gasteiger partial charge in [-0.1, -0.05) is 30.9 Å². The summed E-state index contributed by atoms with van der Waals surface area (Å²) in [6.45, 7) is 6.58. The normalized spacial score (nSPS) is 19.8. The van der Waals surface area contributed by atoms with Crippen LogP contribution in [0.5, 0.6) is 0 Å². The lowest BCUT2D eigenvalue weighted by atomic mass is 9.91. The van der Waals surface area contributed by atoms with Crippen LogP contribution in [0.15, 0.2) is 18.2 Å². The van der Waals surface area contributed by atoms with E-state index in [0.717, 1.165) is 18.2 Å². The highest BCUT2D eigenvalue weighted by molar-refractivity contribution is 7.80. The molecular weight excluding hydrogens is 338 g/mol. The molecule has 0 atom stereocenters. The maximum atomic E-state index is 5.71. The molecule has 0 unspecified atom stereocenters. The van der Waals surface area contributed by atoms with Crippen molar-refractivity contribution in [2.75, 3.05) is 13.1 Å². The first-order chi connectivity index (χ1) is 12.6. The van der Waals surface area contributed by atoms with Crippen molar-refractivity contribution in [2.24, 2.45) is 0 Å². The van der Waals surface area contributed by atoms with Gasteiger partial charge < -0.3 is 15.2 Å². The summed E-state index contributed by atoms with van der Waals surface area (Å²) in [6, 6.07) is 7.33. The first kappa shape index (κ1) is 17.8. The number of rotatable bonds is 2. The Morgan fingerprint density at radius 2 is 1.81 bits per heavy atom. The van der Waals surface area contributed by atoms with Crippen molar-refractivity contribution in [2.45, 2.75) is 70.8 Å². The van der Waals surface area contributed by atoms with E-state index in [2.05, 4.69) is 47.2 Å². The largest absolute Gasteiger partial charge is 0.360 e. The highest BCUT2D eigenvalue weighted by Crippen LogP contribution is 2.34. The molecule has 1 aromatic heterocycles. The third-order valence-corrected chi connectivity index (χ3v) is 6.75. The minimum absolute atomic E-state index is 0.605. The van der Waals surface area contributed by atoms with Gasteiger partial charge in [-0.3, -0.25) is 0 Å². The van der Waals surface area contributed by atoms with Gasteiger partial charge >= 0.3 is 0 Å². The van der Waals surface area contributed by atoms with Crippen LogP contribution in [-0.4, -0.2) is 34.1 Å². The Morgan fingerprint density at radius 1 is 1.08 bits per heavy atom. The molecule has 0 spiro atoms. The van der Waals surface area contributed by atoms with Gasteiger partial charge in [0, 0.05) is 41.6 Å². The average Bonchev–Trinajstić information content (AvgIpc) is 2.99. The summed E-state index contributed by atoms with van der Waals surface area (Å²) in [5, 5.41) is 6.00. The van der Waals surface area contributed by atoms with Crippen molar-refractivity contribution in [3.05, 3.63) is 35.0 Å². The Kier molecular flexibility index (Phi) is 5.21. The first-order valence-corrected chi connectivity index (χ1v) is 10.7. The molecule has 1 aliphatic carbocycles. The molecule has 0 amide bonds. The van der Waals surface area contributed by atoms with Gasteiger partial charge in [-0.15, -0.1) is 0 Å². The molecule has 4 heteroatoms. The van der Waals surface area contributed by atoms with Crippen LogP contribution in [0.2, 0.25) is 0 Å². The van der Waals surface area contributed by atoms with E-state index in [9.17, 15) is 0 Å². The fourth-order valence-corrected chi connectivity index (χ4v) is 5.10. The highest BCUT2D eigenvalue weighted by atomic mass is 32.1. The SMILES string of the molecule is Cc1ccc2[nH]c(C3CCN(C(=S)NC4CCCCC4)CC3)c(C)c2c1. The molecule has 140 valence electrons. The zero-order valence-electron chi connectivity index (χ0n) is 16.1. The standard InChI is InChI=1S/C22H31N3S/c1-15-8-9-20-19(14-15)16(2)21(24-20)17-10-12-25(13-11-17)22(26)23-18-6-4-3-5-7-18/h8-9,14,17-18,24H,3-7,10-13H2,1-2H3,(H,23,26). The Bertz CT molecular complexity index is 780. The van der Waals surface area contributed by atoms with Crippen LogP contribution in [0.4, 0.5) is 0 Å². The van der Waals surface area contributed by atoms with E-state index < -0.39 is 0 Å². The number of aromatic nitrogens is 1. The molecule has 2 N–H and O–H groups in total. The van der Waals surface area contributed by atoms with Crippen molar-refractivity contribution in [3.63, 3.8) is 0 Å². The quantitative estimate of drug-likeness (QED) is 0.716. The van der Waals surface area contributed by atoms with E-state index >= 15 is 0 Å². The second-order valence-corrected chi connectivity index (χ2v) is 8.65. The number of hydrogen-bond acceptors (Lipinski definition) is 1. The predicted octanol–water partition coefficient (Wildman–Crippen LogP) is 5.17. The number of piperidine rings is 1. The molecule has 2 fully saturated rings. The van der Waals surface area contributed by atoms with Gasteiger partial charge in [-0.05, 0) is 69.4 Å². The van der Waals surface area contributed by atoms with Gasteiger partial charge in [0.2, 0.25) is 0 Å². The highest BCUT2D eigenvalue weighted by Gasteiger charge is 2.26. The number of likely N-dealkylation sites (tertiary alicyclic amines) is 1. The summed E-state index contributed by atoms with van der Waals surface area (Å²) in [5.41, 5.74) is 5.49. The van der Waals surface area contributed by atoms with Gasteiger partial charge in [0.05, 0.1) is 0 Å². The van der Waals surface area contributed by atoms with Crippen molar-refractivity contribution in [1.29, 1.82) is 0 Å². The summed E-state index contributed by atoms with van der Waals surface area (Å²) >= 11 is 5.71. The van der Waals surface area contributed by atoms with E-state index in [1.54, 1.807) is 0 Å². The molecule has 26 heavy (non-hydrogen) atoms. The Labute approximate surface area is 162 Å². The van der Waals surface area contributed by atoms with Crippen LogP contribution in [0.1, 0.15) is 67.7 Å². The van der Waals surface area contributed by atoms with Crippen molar-refractivity contribution < 1.29 is 0 Å². The zero-order chi connectivity index (χ0) is 18.1. The molecule has 1 saturated carbocycles. The van der Waals surface area contributed by atoms with E-state index in [-0.39, 0.29) is 0 Å². The van der Waals surface area contributed by atoms with Crippen molar-refractivity contribution in [1.82, 2.24) is 15.2 Å². The fourth-order valence-electron chi connectivity index (χ4n) is 4.75. The molecule has 2 heterocycles. The molecule has 3 nitrogen and oxygen atoms in total. The Hall–Kier alpha value is -1.55. The topological polar surface area (TPSA) is 31.1 Å². The number of nitrogens with zero attached hydrogens (tertiary/aromatic N) is 1. The molecular formula is C22H31N3S. The Morgan fingerprint density at radius 3 is 2.54 bits per heavy atom. The summed E-state index contributed by atoms with van der Waals surface area (Å²) in [4.78, 5) is 6.09. The van der Waals surface area contributed by atoms with Crippen LogP contribution in [-0.2, 0) is 0 Å². The molecule has 0 radical (unpaired) electrons. The Balaban J connectivity index is 1.39. The lowest BCUT2D eigenvalue weighted by Crippen LogP contribution is -2.48. The summed E-state index contributed by atoms with van der Waals surface area (Å²) in [5.74, 6) is 0.622. The molecule has 4 rings (SSSR count). The first-order valence-electron chi connectivity index (χ1n) is 10.3. The van der Waals surface area contributed by atoms with Crippen LogP contribution in [0.3, 0.4) is 0 Å². The summed E-state index contributed by atoms with van der Waals surface area (Å²) < 4.78 is 0. The number of aryl methyl sites for hydroxylation is 2. The molecule has 1 aliphatic heterocycles. The molecule has 1 aromatic carbocycles. The lowest BCUT2D eigenvalue weighted by Gasteiger charge is -2.36. The third-order valence-electron chi connectivity index (χ3n) is 6.38. The van der Waals surface area contributed by atoms with E-state index in [1.807, 2.05) is 0 Å². The number of H-pyrrole nitrogens is 1. The maximum absolute atomic E-state index is 5.71. The average molecular weight is 370 g/mol. The van der Waals surface area contributed by atoms with Gasteiger partial charge in [-0.25, -0.2) is 0 Å². The van der Waals surface area contributed by atoms with Gasteiger partial charge in [0.1, 0.15) is 0 Å². The minimum atomic E-state index is 0.605. The predicted molar refractivity (Wildman–Crippen MR) is 114 cm³/mol. The van der Waals surface area contributed by atoms with Crippen molar-refractivity contribution in [3.8, 4) is 0 Å². The number of thiocarbonyl (C=S) groups is 1. The molecule has 2 aromatic rings. The second-order valence-electron chi connectivity index (χ2n) is 8.26. The monoisotopic (exact) mass is 369 g/mol. The van der Waals surface area contributed by atoms with Gasteiger partial charge in [0.15, 0.2) is 5.11 Å². The second kappa shape index (κ2) is 7.59.